The number of azide groups is 1. The number of amides is 1. The van der Waals surface area contributed by atoms with Crippen LogP contribution in [0.2, 0.25) is 0 Å². The van der Waals surface area contributed by atoms with Crippen molar-refractivity contribution in [1.29, 1.82) is 0 Å². The first-order valence-corrected chi connectivity index (χ1v) is 5.28. The fourth-order valence-corrected chi connectivity index (χ4v) is 1.14. The molecule has 0 aromatic heterocycles. The molecule has 0 saturated carbocycles. The third-order valence-corrected chi connectivity index (χ3v) is 1.93. The topological polar surface area (TPSA) is 87.1 Å². The summed E-state index contributed by atoms with van der Waals surface area (Å²) in [6, 6.07) is 9.13. The molecule has 0 aliphatic heterocycles. The first-order valence-electron chi connectivity index (χ1n) is 5.28. The van der Waals surface area contributed by atoms with Gasteiger partial charge in [0, 0.05) is 18.0 Å². The van der Waals surface area contributed by atoms with E-state index in [1.165, 1.54) is 0 Å². The number of hydrogen-bond acceptors (Lipinski definition) is 3. The number of carbonyl (C=O) groups is 1. The van der Waals surface area contributed by atoms with E-state index in [2.05, 4.69) is 15.3 Å². The van der Waals surface area contributed by atoms with Gasteiger partial charge in [0.2, 0.25) is 0 Å². The van der Waals surface area contributed by atoms with Gasteiger partial charge in [0.15, 0.2) is 6.61 Å². The summed E-state index contributed by atoms with van der Waals surface area (Å²) in [6.07, 6.45) is 0.626. The fourth-order valence-electron chi connectivity index (χ4n) is 1.14. The van der Waals surface area contributed by atoms with Gasteiger partial charge in [-0.3, -0.25) is 4.79 Å². The van der Waals surface area contributed by atoms with E-state index in [1.807, 2.05) is 18.2 Å². The molecular weight excluding hydrogens is 220 g/mol. The SMILES string of the molecule is [N-]=[N+]=NCCCNC(=O)COc1ccccc1. The lowest BCUT2D eigenvalue weighted by molar-refractivity contribution is -0.123. The molecule has 1 N–H and O–H groups in total. The highest BCUT2D eigenvalue weighted by atomic mass is 16.5. The Kier molecular flexibility index (Phi) is 6.06. The van der Waals surface area contributed by atoms with Crippen LogP contribution in [0.25, 0.3) is 10.4 Å². The third kappa shape index (κ3) is 6.06. The Labute approximate surface area is 99.2 Å². The van der Waals surface area contributed by atoms with Crippen LogP contribution < -0.4 is 10.1 Å². The normalized spacial score (nSPS) is 9.18. The van der Waals surface area contributed by atoms with Crippen molar-refractivity contribution in [2.24, 2.45) is 5.11 Å². The smallest absolute Gasteiger partial charge is 0.257 e. The molecule has 0 bridgehead atoms. The zero-order valence-electron chi connectivity index (χ0n) is 9.37. The maximum atomic E-state index is 11.3. The van der Waals surface area contributed by atoms with Gasteiger partial charge in [-0.25, -0.2) is 0 Å². The summed E-state index contributed by atoms with van der Waals surface area (Å²) >= 11 is 0. The Morgan fingerprint density at radius 3 is 2.88 bits per heavy atom. The highest BCUT2D eigenvalue weighted by Gasteiger charge is 2.00. The average molecular weight is 234 g/mol. The molecular formula is C11H14N4O2. The molecule has 90 valence electrons. The lowest BCUT2D eigenvalue weighted by Gasteiger charge is -2.06. The maximum absolute atomic E-state index is 11.3. The lowest BCUT2D eigenvalue weighted by Crippen LogP contribution is -2.29. The first kappa shape index (κ1) is 12.9. The number of rotatable bonds is 7. The van der Waals surface area contributed by atoms with E-state index in [1.54, 1.807) is 12.1 Å². The largest absolute Gasteiger partial charge is 0.484 e. The molecule has 0 aliphatic rings. The van der Waals surface area contributed by atoms with Crippen LogP contribution in [0.5, 0.6) is 5.75 Å². The second-order valence-electron chi connectivity index (χ2n) is 3.26. The minimum Gasteiger partial charge on any atom is -0.484 e. The standard InChI is InChI=1S/C11H14N4O2/c12-15-14-8-4-7-13-11(16)9-17-10-5-2-1-3-6-10/h1-3,5-6H,4,7-9H2,(H,13,16). The summed E-state index contributed by atoms with van der Waals surface area (Å²) in [5.41, 5.74) is 8.04. The van der Waals surface area contributed by atoms with E-state index in [0.717, 1.165) is 0 Å². The Hall–Kier alpha value is -2.20. The predicted molar refractivity (Wildman–Crippen MR) is 63.6 cm³/mol. The molecule has 6 nitrogen and oxygen atoms in total. The fraction of sp³-hybridized carbons (Fsp3) is 0.364. The number of para-hydroxylation sites is 1. The highest BCUT2D eigenvalue weighted by Crippen LogP contribution is 2.07. The minimum absolute atomic E-state index is 0.00840. The number of hydrogen-bond donors (Lipinski definition) is 1. The number of carbonyl (C=O) groups excluding carboxylic acids is 1. The molecule has 1 rings (SSSR count). The van der Waals surface area contributed by atoms with E-state index in [0.29, 0.717) is 25.3 Å². The molecule has 0 fully saturated rings. The summed E-state index contributed by atoms with van der Waals surface area (Å²) in [7, 11) is 0. The quantitative estimate of drug-likeness (QED) is 0.338. The predicted octanol–water partition coefficient (Wildman–Crippen LogP) is 1.88. The van der Waals surface area contributed by atoms with Crippen LogP contribution in [-0.4, -0.2) is 25.6 Å². The van der Waals surface area contributed by atoms with Gasteiger partial charge in [0.25, 0.3) is 5.91 Å². The molecule has 0 atom stereocenters. The Bertz CT molecular complexity index is 388. The Morgan fingerprint density at radius 2 is 2.18 bits per heavy atom. The molecule has 1 aromatic carbocycles. The monoisotopic (exact) mass is 234 g/mol. The van der Waals surface area contributed by atoms with E-state index in [4.69, 9.17) is 10.3 Å². The highest BCUT2D eigenvalue weighted by molar-refractivity contribution is 5.77. The van der Waals surface area contributed by atoms with Gasteiger partial charge < -0.3 is 10.1 Å². The second kappa shape index (κ2) is 8.01. The summed E-state index contributed by atoms with van der Waals surface area (Å²) in [5.74, 6) is 0.478. The Balaban J connectivity index is 2.11. The van der Waals surface area contributed by atoms with Crippen LogP contribution in [0.15, 0.2) is 35.4 Å². The van der Waals surface area contributed by atoms with Crippen LogP contribution in [0.4, 0.5) is 0 Å². The summed E-state index contributed by atoms with van der Waals surface area (Å²) in [6.45, 7) is 0.859. The molecule has 0 saturated heterocycles. The van der Waals surface area contributed by atoms with Crippen LogP contribution in [-0.2, 0) is 4.79 Å². The van der Waals surface area contributed by atoms with Crippen molar-refractivity contribution in [3.05, 3.63) is 40.8 Å². The van der Waals surface area contributed by atoms with Crippen LogP contribution >= 0.6 is 0 Å². The zero-order valence-corrected chi connectivity index (χ0v) is 9.37. The molecule has 6 heteroatoms. The van der Waals surface area contributed by atoms with Gasteiger partial charge >= 0.3 is 0 Å². The number of nitrogens with zero attached hydrogens (tertiary/aromatic N) is 3. The number of ether oxygens (including phenoxy) is 1. The van der Waals surface area contributed by atoms with Gasteiger partial charge in [0.05, 0.1) is 0 Å². The van der Waals surface area contributed by atoms with Crippen molar-refractivity contribution >= 4 is 5.91 Å². The number of benzene rings is 1. The molecule has 0 radical (unpaired) electrons. The van der Waals surface area contributed by atoms with Crippen LogP contribution in [0.3, 0.4) is 0 Å². The van der Waals surface area contributed by atoms with Gasteiger partial charge in [-0.2, -0.15) is 0 Å². The molecule has 0 aliphatic carbocycles. The Morgan fingerprint density at radius 1 is 1.41 bits per heavy atom. The van der Waals surface area contributed by atoms with Crippen molar-refractivity contribution in [3.8, 4) is 5.75 Å². The average Bonchev–Trinajstić information content (AvgIpc) is 2.37. The van der Waals surface area contributed by atoms with Crippen molar-refractivity contribution in [2.75, 3.05) is 19.7 Å². The summed E-state index contributed by atoms with van der Waals surface area (Å²) in [5, 5.41) is 6.02. The number of nitrogens with one attached hydrogen (secondary N) is 1. The van der Waals surface area contributed by atoms with Crippen molar-refractivity contribution in [1.82, 2.24) is 5.32 Å². The molecule has 17 heavy (non-hydrogen) atoms. The van der Waals surface area contributed by atoms with Gasteiger partial charge in [0.1, 0.15) is 5.75 Å². The summed E-state index contributed by atoms with van der Waals surface area (Å²) < 4.78 is 5.25. The van der Waals surface area contributed by atoms with E-state index < -0.39 is 0 Å². The van der Waals surface area contributed by atoms with Gasteiger partial charge in [-0.1, -0.05) is 23.3 Å². The zero-order chi connectivity index (χ0) is 12.3. The minimum atomic E-state index is -0.185. The molecule has 1 aromatic rings. The third-order valence-electron chi connectivity index (χ3n) is 1.93. The maximum Gasteiger partial charge on any atom is 0.257 e. The first-order chi connectivity index (χ1) is 8.33. The van der Waals surface area contributed by atoms with E-state index in [-0.39, 0.29) is 12.5 Å². The lowest BCUT2D eigenvalue weighted by atomic mass is 10.3. The van der Waals surface area contributed by atoms with Gasteiger partial charge in [-0.05, 0) is 24.1 Å². The molecule has 0 spiro atoms. The van der Waals surface area contributed by atoms with Crippen molar-refractivity contribution in [2.45, 2.75) is 6.42 Å². The molecule has 0 heterocycles. The molecule has 1 amide bonds. The van der Waals surface area contributed by atoms with Crippen molar-refractivity contribution < 1.29 is 9.53 Å². The molecule has 0 unspecified atom stereocenters. The van der Waals surface area contributed by atoms with Crippen LogP contribution in [0.1, 0.15) is 6.42 Å². The van der Waals surface area contributed by atoms with Gasteiger partial charge in [-0.15, -0.1) is 0 Å². The summed E-state index contributed by atoms with van der Waals surface area (Å²) in [4.78, 5) is 13.9. The second-order valence-corrected chi connectivity index (χ2v) is 3.26. The van der Waals surface area contributed by atoms with Crippen molar-refractivity contribution in [3.63, 3.8) is 0 Å². The van der Waals surface area contributed by atoms with Crippen LogP contribution in [0, 0.1) is 0 Å². The van der Waals surface area contributed by atoms with E-state index >= 15 is 0 Å². The van der Waals surface area contributed by atoms with E-state index in [9.17, 15) is 4.79 Å².